The monoisotopic (exact) mass is 470 g/mol. The molecule has 4 aliphatic rings. The van der Waals surface area contributed by atoms with Crippen molar-refractivity contribution in [3.63, 3.8) is 0 Å². The number of aromatic amines is 1. The number of amides is 2. The van der Waals surface area contributed by atoms with Crippen molar-refractivity contribution in [1.82, 2.24) is 9.88 Å². The van der Waals surface area contributed by atoms with Crippen LogP contribution in [0.1, 0.15) is 34.8 Å². The number of rotatable bonds is 4. The van der Waals surface area contributed by atoms with E-state index in [1.165, 1.54) is 16.2 Å². The molecule has 7 atom stereocenters. The molecule has 2 saturated carbocycles. The Morgan fingerprint density at radius 1 is 1.12 bits per heavy atom. The van der Waals surface area contributed by atoms with Gasteiger partial charge in [0.2, 0.25) is 11.8 Å². The van der Waals surface area contributed by atoms with Gasteiger partial charge >= 0.3 is 10.8 Å². The zero-order valence-corrected chi connectivity index (χ0v) is 18.9. The lowest BCUT2D eigenvalue weighted by Crippen LogP contribution is -2.42. The summed E-state index contributed by atoms with van der Waals surface area (Å²) >= 11 is 2.92. The summed E-state index contributed by atoms with van der Waals surface area (Å²) < 4.78 is 0. The number of carbonyl (C=O) groups is 3. The van der Waals surface area contributed by atoms with Gasteiger partial charge in [-0.2, -0.15) is 0 Å². The van der Waals surface area contributed by atoms with Crippen molar-refractivity contribution in [2.24, 2.45) is 29.6 Å². The summed E-state index contributed by atoms with van der Waals surface area (Å²) in [5.41, 5.74) is 2.31. The van der Waals surface area contributed by atoms with Crippen LogP contribution in [-0.4, -0.2) is 44.6 Å². The summed E-state index contributed by atoms with van der Waals surface area (Å²) in [6.07, 6.45) is 0.613. The van der Waals surface area contributed by atoms with Crippen LogP contribution in [0.25, 0.3) is 0 Å². The second-order valence-electron chi connectivity index (χ2n) is 9.34. The predicted octanol–water partition coefficient (Wildman–Crippen LogP) is 2.69. The number of H-pyrrole nitrogens is 1. The Balaban J connectivity index is 1.41. The standard InChI is InChI=1S/C23H22N2O5S2/c1-9-2-4-10(5-3-9)14-15-11-8-12(18(15)31-20-19(14)32-23(30)24-20)17-16(11)21(28)25(22(17)29)7-6-13(26)27/h2-5,11-12,14-18H,6-8H2,1H3,(H,24,30)(H,26,27)/t11-,12+,14+,15-,16+,17+,18-/m1/s1. The molecule has 7 nitrogen and oxygen atoms in total. The van der Waals surface area contributed by atoms with Gasteiger partial charge in [0.1, 0.15) is 0 Å². The number of carboxylic acids is 1. The van der Waals surface area contributed by atoms with Crippen LogP contribution in [0.5, 0.6) is 0 Å². The van der Waals surface area contributed by atoms with Crippen LogP contribution in [0.4, 0.5) is 0 Å². The van der Waals surface area contributed by atoms with E-state index in [1.807, 2.05) is 6.92 Å². The maximum atomic E-state index is 13.3. The number of hydrogen-bond acceptors (Lipinski definition) is 6. The molecule has 2 N–H and O–H groups in total. The van der Waals surface area contributed by atoms with Gasteiger partial charge in [0.15, 0.2) is 0 Å². The van der Waals surface area contributed by atoms with Crippen LogP contribution in [0.2, 0.25) is 0 Å². The molecule has 0 radical (unpaired) electrons. The fourth-order valence-electron chi connectivity index (χ4n) is 6.65. The number of carbonyl (C=O) groups excluding carboxylic acids is 2. The van der Waals surface area contributed by atoms with Gasteiger partial charge in [-0.3, -0.25) is 24.1 Å². The van der Waals surface area contributed by atoms with Gasteiger partial charge in [0.05, 0.1) is 23.3 Å². The van der Waals surface area contributed by atoms with Gasteiger partial charge in [-0.05, 0) is 36.7 Å². The molecule has 9 heteroatoms. The molecule has 166 valence electrons. The first kappa shape index (κ1) is 20.2. The largest absolute Gasteiger partial charge is 0.481 e. The molecule has 2 aliphatic heterocycles. The number of aryl methyl sites for hydroxylation is 1. The number of aliphatic carboxylic acids is 1. The highest BCUT2D eigenvalue weighted by Gasteiger charge is 2.69. The van der Waals surface area contributed by atoms with Crippen molar-refractivity contribution in [1.29, 1.82) is 0 Å². The van der Waals surface area contributed by atoms with E-state index < -0.39 is 5.97 Å². The van der Waals surface area contributed by atoms with E-state index in [0.29, 0.717) is 0 Å². The number of carboxylic acid groups (broad SMARTS) is 1. The van der Waals surface area contributed by atoms with E-state index in [2.05, 4.69) is 29.2 Å². The number of nitrogens with zero attached hydrogens (tertiary/aromatic N) is 1. The molecule has 6 rings (SSSR count). The summed E-state index contributed by atoms with van der Waals surface area (Å²) in [6, 6.07) is 8.39. The molecule has 1 aromatic heterocycles. The van der Waals surface area contributed by atoms with E-state index in [4.69, 9.17) is 5.11 Å². The molecular weight excluding hydrogens is 448 g/mol. The number of nitrogens with one attached hydrogen (secondary N) is 1. The minimum Gasteiger partial charge on any atom is -0.481 e. The SMILES string of the molecule is Cc1ccc([C@@H]2c3sc(=O)[nH]c3S[C@@H]3[C@H]4C[C@@H]([C@@H]5C(=O)N(CCC(=O)O)C(=O)[C@@H]45)[C@H]23)cc1. The normalized spacial score (nSPS) is 34.5. The van der Waals surface area contributed by atoms with E-state index >= 15 is 0 Å². The minimum atomic E-state index is -1.01. The molecule has 3 fully saturated rings. The van der Waals surface area contributed by atoms with Crippen molar-refractivity contribution in [3.8, 4) is 0 Å². The number of imide groups is 1. The van der Waals surface area contributed by atoms with Gasteiger partial charge in [-0.15, -0.1) is 11.8 Å². The number of aromatic nitrogens is 1. The number of fused-ring (bicyclic) bond motifs is 9. The van der Waals surface area contributed by atoms with E-state index in [0.717, 1.165) is 27.5 Å². The molecule has 0 spiro atoms. The van der Waals surface area contributed by atoms with Crippen LogP contribution in [0.15, 0.2) is 34.1 Å². The Hall–Kier alpha value is -2.39. The molecule has 2 aromatic rings. The Morgan fingerprint density at radius 3 is 2.50 bits per heavy atom. The quantitative estimate of drug-likeness (QED) is 0.666. The third-order valence-electron chi connectivity index (χ3n) is 7.80. The molecule has 2 aliphatic carbocycles. The molecule has 1 aromatic carbocycles. The highest BCUT2D eigenvalue weighted by Crippen LogP contribution is 2.68. The van der Waals surface area contributed by atoms with Gasteiger partial charge in [0, 0.05) is 22.6 Å². The summed E-state index contributed by atoms with van der Waals surface area (Å²) in [4.78, 5) is 54.9. The molecule has 32 heavy (non-hydrogen) atoms. The minimum absolute atomic E-state index is 0.0210. The maximum absolute atomic E-state index is 13.3. The van der Waals surface area contributed by atoms with Crippen molar-refractivity contribution < 1.29 is 19.5 Å². The smallest absolute Gasteiger partial charge is 0.305 e. The molecule has 2 amide bonds. The van der Waals surface area contributed by atoms with Crippen molar-refractivity contribution in [2.45, 2.75) is 36.0 Å². The molecule has 3 heterocycles. The van der Waals surface area contributed by atoms with Crippen LogP contribution < -0.4 is 4.87 Å². The molecular formula is C23H22N2O5S2. The number of benzene rings is 1. The highest BCUT2D eigenvalue weighted by atomic mass is 32.2. The molecule has 2 bridgehead atoms. The Morgan fingerprint density at radius 2 is 1.81 bits per heavy atom. The highest BCUT2D eigenvalue weighted by molar-refractivity contribution is 8.00. The first-order valence-electron chi connectivity index (χ1n) is 10.9. The third-order valence-corrected chi connectivity index (χ3v) is 10.4. The Kier molecular flexibility index (Phi) is 4.46. The number of likely N-dealkylation sites (tertiary alicyclic amines) is 1. The predicted molar refractivity (Wildman–Crippen MR) is 119 cm³/mol. The third kappa shape index (κ3) is 2.73. The number of hydrogen-bond donors (Lipinski definition) is 2. The summed E-state index contributed by atoms with van der Waals surface area (Å²) in [6.45, 7) is 1.99. The van der Waals surface area contributed by atoms with Crippen LogP contribution in [-0.2, 0) is 14.4 Å². The number of thioether (sulfide) groups is 1. The topological polar surface area (TPSA) is 108 Å². The van der Waals surface area contributed by atoms with Gasteiger partial charge in [0.25, 0.3) is 0 Å². The average Bonchev–Trinajstić information content (AvgIpc) is 3.47. The average molecular weight is 471 g/mol. The van der Waals surface area contributed by atoms with E-state index in [-0.39, 0.29) is 70.4 Å². The van der Waals surface area contributed by atoms with Crippen molar-refractivity contribution in [2.75, 3.05) is 6.54 Å². The van der Waals surface area contributed by atoms with Crippen molar-refractivity contribution >= 4 is 40.9 Å². The van der Waals surface area contributed by atoms with Gasteiger partial charge in [-0.25, -0.2) is 0 Å². The lowest BCUT2D eigenvalue weighted by atomic mass is 9.68. The lowest BCUT2D eigenvalue weighted by Gasteiger charge is -2.43. The summed E-state index contributed by atoms with van der Waals surface area (Å²) in [5.74, 6) is -1.83. The fourth-order valence-corrected chi connectivity index (χ4v) is 9.54. The van der Waals surface area contributed by atoms with E-state index in [1.54, 1.807) is 11.8 Å². The number of thiazole rings is 1. The second-order valence-corrected chi connectivity index (χ2v) is 11.5. The Bertz CT molecular complexity index is 1200. The zero-order chi connectivity index (χ0) is 22.3. The first-order valence-corrected chi connectivity index (χ1v) is 12.6. The van der Waals surface area contributed by atoms with Crippen molar-refractivity contribution in [3.05, 3.63) is 49.9 Å². The second kappa shape index (κ2) is 7.05. The van der Waals surface area contributed by atoms with Gasteiger partial charge in [-0.1, -0.05) is 41.2 Å². The molecule has 1 saturated heterocycles. The fraction of sp³-hybridized carbons (Fsp3) is 0.478. The summed E-state index contributed by atoms with van der Waals surface area (Å²) in [5, 5.41) is 10.1. The maximum Gasteiger partial charge on any atom is 0.305 e. The van der Waals surface area contributed by atoms with Crippen LogP contribution in [0, 0.1) is 36.5 Å². The van der Waals surface area contributed by atoms with Crippen LogP contribution in [0.3, 0.4) is 0 Å². The zero-order valence-electron chi connectivity index (χ0n) is 17.3. The lowest BCUT2D eigenvalue weighted by molar-refractivity contribution is -0.142. The van der Waals surface area contributed by atoms with Gasteiger partial charge < -0.3 is 10.1 Å². The first-order chi connectivity index (χ1) is 15.3. The van der Waals surface area contributed by atoms with E-state index in [9.17, 15) is 19.2 Å². The Labute approximate surface area is 192 Å². The summed E-state index contributed by atoms with van der Waals surface area (Å²) in [7, 11) is 0. The van der Waals surface area contributed by atoms with Crippen LogP contribution >= 0.6 is 23.1 Å². The molecule has 0 unspecified atom stereocenters.